The number of benzene rings is 10. The van der Waals surface area contributed by atoms with E-state index in [0.29, 0.717) is 0 Å². The number of para-hydroxylation sites is 2. The van der Waals surface area contributed by atoms with E-state index in [1.807, 2.05) is 0 Å². The Labute approximate surface area is 437 Å². The van der Waals surface area contributed by atoms with Crippen molar-refractivity contribution in [3.63, 3.8) is 0 Å². The molecule has 1 aliphatic carbocycles. The summed E-state index contributed by atoms with van der Waals surface area (Å²) >= 11 is 0. The van der Waals surface area contributed by atoms with E-state index in [1.54, 1.807) is 0 Å². The van der Waals surface area contributed by atoms with E-state index < -0.39 is 0 Å². The highest BCUT2D eigenvalue weighted by molar-refractivity contribution is 6.11. The zero-order valence-electron chi connectivity index (χ0n) is 41.2. The zero-order valence-corrected chi connectivity index (χ0v) is 41.2. The number of anilines is 5. The maximum atomic E-state index is 5.46. The summed E-state index contributed by atoms with van der Waals surface area (Å²) in [6.07, 6.45) is 7.30. The van der Waals surface area contributed by atoms with Gasteiger partial charge in [0.15, 0.2) is 0 Å². The summed E-state index contributed by atoms with van der Waals surface area (Å²) in [5, 5.41) is 2.37. The fourth-order valence-corrected chi connectivity index (χ4v) is 11.5. The van der Waals surface area contributed by atoms with Gasteiger partial charge in [0, 0.05) is 50.7 Å². The molecule has 4 heteroatoms. The minimum atomic E-state index is 0.0841. The number of aromatic nitrogens is 2. The Morgan fingerprint density at radius 2 is 0.853 bits per heavy atom. The van der Waals surface area contributed by atoms with Gasteiger partial charge in [-0.1, -0.05) is 194 Å². The van der Waals surface area contributed by atoms with E-state index in [9.17, 15) is 0 Å². The SMILES string of the molecule is C1=CC2C(C=C1c1ccc3c(c1)c1cc(-c4ccccc4)ccc1n3-c1cc(-c3ccccc3)cc(-c3ccccc3)n1)c1cc(-c3ccccc3)ccc1N2c1ccc(N(c2ccccc2)c2ccccc2)cc1. The maximum absolute atomic E-state index is 5.46. The first-order valence-corrected chi connectivity index (χ1v) is 25.8. The molecule has 2 aromatic heterocycles. The molecule has 0 amide bonds. The third-order valence-corrected chi connectivity index (χ3v) is 15.1. The summed E-state index contributed by atoms with van der Waals surface area (Å²) in [7, 11) is 0. The number of fused-ring (bicyclic) bond motifs is 6. The van der Waals surface area contributed by atoms with Crippen LogP contribution in [-0.4, -0.2) is 15.6 Å². The largest absolute Gasteiger partial charge is 0.333 e. The molecule has 12 aromatic rings. The Hall–Kier alpha value is -9.77. The Morgan fingerprint density at radius 3 is 1.44 bits per heavy atom. The molecule has 1 aliphatic heterocycles. The van der Waals surface area contributed by atoms with Crippen molar-refractivity contribution in [3.8, 4) is 50.5 Å². The number of hydrogen-bond donors (Lipinski definition) is 0. The summed E-state index contributed by atoms with van der Waals surface area (Å²) in [6, 6.07) is 98.5. The van der Waals surface area contributed by atoms with E-state index in [2.05, 4.69) is 306 Å². The molecule has 2 atom stereocenters. The van der Waals surface area contributed by atoms with Crippen LogP contribution in [-0.2, 0) is 0 Å². The minimum absolute atomic E-state index is 0.0841. The lowest BCUT2D eigenvalue weighted by atomic mass is 9.85. The Morgan fingerprint density at radius 1 is 0.373 bits per heavy atom. The van der Waals surface area contributed by atoms with Gasteiger partial charge >= 0.3 is 0 Å². The number of rotatable bonds is 10. The standard InChI is InChI=1S/C71H50N4/c1-7-19-49(20-8-1)53-31-39-67-62(43-53)63-45-55(33-40-68(63)74(67)61-37-35-60(36-38-61)73(58-27-15-5-16-28-58)59-29-17-6-18-30-59)56-34-42-70-65(46-56)64-44-54(50-21-9-2-10-22-50)32-41-69(64)75(70)71-48-57(51-23-11-3-12-24-51)47-66(72-71)52-25-13-4-14-26-52/h1-48,63,68H. The van der Waals surface area contributed by atoms with Gasteiger partial charge in [0.2, 0.25) is 0 Å². The highest BCUT2D eigenvalue weighted by Gasteiger charge is 2.39. The van der Waals surface area contributed by atoms with Crippen molar-refractivity contribution >= 4 is 55.8 Å². The zero-order chi connectivity index (χ0) is 49.7. The van der Waals surface area contributed by atoms with E-state index in [0.717, 1.165) is 62.0 Å². The van der Waals surface area contributed by atoms with Crippen molar-refractivity contribution in [2.75, 3.05) is 9.80 Å². The number of nitrogens with zero attached hydrogens (tertiary/aromatic N) is 4. The van der Waals surface area contributed by atoms with Crippen LogP contribution in [0.3, 0.4) is 0 Å². The molecule has 10 aromatic carbocycles. The van der Waals surface area contributed by atoms with Gasteiger partial charge in [-0.05, 0) is 147 Å². The van der Waals surface area contributed by atoms with Crippen LogP contribution in [0.1, 0.15) is 17.0 Å². The van der Waals surface area contributed by atoms with Crippen LogP contribution in [0.4, 0.5) is 28.4 Å². The highest BCUT2D eigenvalue weighted by Crippen LogP contribution is 2.51. The van der Waals surface area contributed by atoms with E-state index >= 15 is 0 Å². The second kappa shape index (κ2) is 18.7. The van der Waals surface area contributed by atoms with E-state index in [1.165, 1.54) is 55.4 Å². The minimum Gasteiger partial charge on any atom is -0.333 e. The molecule has 0 saturated heterocycles. The van der Waals surface area contributed by atoms with Crippen molar-refractivity contribution in [3.05, 3.63) is 302 Å². The molecule has 0 saturated carbocycles. The molecular formula is C71H50N4. The van der Waals surface area contributed by atoms with E-state index in [4.69, 9.17) is 4.98 Å². The lowest BCUT2D eigenvalue weighted by Gasteiger charge is -2.31. The summed E-state index contributed by atoms with van der Waals surface area (Å²) < 4.78 is 2.36. The first-order chi connectivity index (χ1) is 37.2. The van der Waals surface area contributed by atoms with Gasteiger partial charge in [0.1, 0.15) is 5.82 Å². The average molecular weight is 959 g/mol. The molecule has 0 radical (unpaired) electrons. The number of allylic oxidation sites excluding steroid dienone is 2. The fourth-order valence-electron chi connectivity index (χ4n) is 11.5. The lowest BCUT2D eigenvalue weighted by molar-refractivity contribution is 0.747. The molecule has 4 nitrogen and oxygen atoms in total. The van der Waals surface area contributed by atoms with Gasteiger partial charge < -0.3 is 9.80 Å². The monoisotopic (exact) mass is 958 g/mol. The maximum Gasteiger partial charge on any atom is 0.138 e. The molecular weight excluding hydrogens is 909 g/mol. The van der Waals surface area contributed by atoms with Crippen LogP contribution in [0.5, 0.6) is 0 Å². The summed E-state index contributed by atoms with van der Waals surface area (Å²) in [5.41, 5.74) is 20.8. The Kier molecular flexibility index (Phi) is 11.0. The fraction of sp³-hybridized carbons (Fsp3) is 0.0282. The third kappa shape index (κ3) is 8.01. The molecule has 0 fully saturated rings. The van der Waals surface area contributed by atoms with Crippen LogP contribution in [0.2, 0.25) is 0 Å². The van der Waals surface area contributed by atoms with Crippen LogP contribution in [0, 0.1) is 0 Å². The third-order valence-electron chi connectivity index (χ3n) is 15.1. The molecule has 14 rings (SSSR count). The van der Waals surface area contributed by atoms with Crippen molar-refractivity contribution in [1.29, 1.82) is 0 Å². The van der Waals surface area contributed by atoms with Crippen LogP contribution < -0.4 is 9.80 Å². The van der Waals surface area contributed by atoms with Crippen LogP contribution >= 0.6 is 0 Å². The smallest absolute Gasteiger partial charge is 0.138 e. The molecule has 75 heavy (non-hydrogen) atoms. The molecule has 0 bridgehead atoms. The summed E-state index contributed by atoms with van der Waals surface area (Å²) in [4.78, 5) is 10.3. The molecule has 354 valence electrons. The average Bonchev–Trinajstić information content (AvgIpc) is 4.04. The first kappa shape index (κ1) is 44.0. The molecule has 0 N–H and O–H groups in total. The Balaban J connectivity index is 0.897. The van der Waals surface area contributed by atoms with Crippen molar-refractivity contribution in [1.82, 2.24) is 9.55 Å². The van der Waals surface area contributed by atoms with Gasteiger partial charge in [-0.3, -0.25) is 4.57 Å². The normalized spacial score (nSPS) is 14.7. The van der Waals surface area contributed by atoms with Gasteiger partial charge in [0.25, 0.3) is 0 Å². The summed E-state index contributed by atoms with van der Waals surface area (Å²) in [5.74, 6) is 0.990. The number of hydrogen-bond acceptors (Lipinski definition) is 3. The summed E-state index contributed by atoms with van der Waals surface area (Å²) in [6.45, 7) is 0. The van der Waals surface area contributed by atoms with Gasteiger partial charge in [0.05, 0.1) is 22.8 Å². The van der Waals surface area contributed by atoms with Crippen LogP contribution in [0.25, 0.3) is 77.8 Å². The van der Waals surface area contributed by atoms with Gasteiger partial charge in [-0.15, -0.1) is 0 Å². The molecule has 3 heterocycles. The number of pyridine rings is 1. The van der Waals surface area contributed by atoms with E-state index in [-0.39, 0.29) is 12.0 Å². The Bertz CT molecular complexity index is 4000. The lowest BCUT2D eigenvalue weighted by Crippen LogP contribution is -2.29. The molecule has 2 aliphatic rings. The quantitative estimate of drug-likeness (QED) is 0.137. The van der Waals surface area contributed by atoms with Crippen molar-refractivity contribution in [2.45, 2.75) is 12.0 Å². The van der Waals surface area contributed by atoms with Gasteiger partial charge in [-0.25, -0.2) is 4.98 Å². The first-order valence-electron chi connectivity index (χ1n) is 25.8. The highest BCUT2D eigenvalue weighted by atomic mass is 15.2. The predicted octanol–water partition coefficient (Wildman–Crippen LogP) is 18.6. The molecule has 0 spiro atoms. The molecule has 2 unspecified atom stereocenters. The van der Waals surface area contributed by atoms with Crippen molar-refractivity contribution in [2.24, 2.45) is 0 Å². The van der Waals surface area contributed by atoms with Crippen LogP contribution in [0.15, 0.2) is 291 Å². The van der Waals surface area contributed by atoms with Gasteiger partial charge in [-0.2, -0.15) is 0 Å². The van der Waals surface area contributed by atoms with Crippen molar-refractivity contribution < 1.29 is 0 Å². The predicted molar refractivity (Wildman–Crippen MR) is 314 cm³/mol. The second-order valence-corrected chi connectivity index (χ2v) is 19.5. The second-order valence-electron chi connectivity index (χ2n) is 19.5. The topological polar surface area (TPSA) is 24.3 Å².